The van der Waals surface area contributed by atoms with Crippen LogP contribution >= 0.6 is 0 Å². The van der Waals surface area contributed by atoms with Gasteiger partial charge in [-0.1, -0.05) is 0 Å². The molecule has 0 spiro atoms. The fraction of sp³-hybridized carbons (Fsp3) is 0.857. The minimum atomic E-state index is 0.270. The van der Waals surface area contributed by atoms with Gasteiger partial charge in [-0.15, -0.1) is 0 Å². The van der Waals surface area contributed by atoms with Crippen LogP contribution in [0.4, 0.5) is 0 Å². The molecule has 0 aromatic rings. The van der Waals surface area contributed by atoms with Crippen LogP contribution in [-0.4, -0.2) is 37.5 Å². The van der Waals surface area contributed by atoms with E-state index in [1.54, 1.807) is 4.90 Å². The van der Waals surface area contributed by atoms with E-state index in [2.05, 4.69) is 5.32 Å². The quantitative estimate of drug-likeness (QED) is 0.551. The summed E-state index contributed by atoms with van der Waals surface area (Å²) in [5.41, 5.74) is 0. The van der Waals surface area contributed by atoms with E-state index in [0.717, 1.165) is 13.0 Å². The second kappa shape index (κ2) is 3.01. The summed E-state index contributed by atoms with van der Waals surface area (Å²) in [6.45, 7) is 0.856. The van der Waals surface area contributed by atoms with Crippen molar-refractivity contribution in [2.24, 2.45) is 0 Å². The summed E-state index contributed by atoms with van der Waals surface area (Å²) in [7, 11) is 3.79. The Morgan fingerprint density at radius 2 is 2.40 bits per heavy atom. The zero-order chi connectivity index (χ0) is 7.56. The third-order valence-electron chi connectivity index (χ3n) is 2.03. The Hall–Kier alpha value is -0.570. The summed E-state index contributed by atoms with van der Waals surface area (Å²) < 4.78 is 0. The van der Waals surface area contributed by atoms with Crippen molar-refractivity contribution >= 4 is 5.91 Å². The number of carbonyl (C=O) groups excluding carboxylic acids is 1. The minimum Gasteiger partial charge on any atom is -0.344 e. The number of likely N-dealkylation sites (N-methyl/N-ethyl adjacent to an activating group) is 2. The first kappa shape index (κ1) is 7.54. The molecule has 0 saturated carbocycles. The number of hydrogen-bond donors (Lipinski definition) is 1. The molecular weight excluding hydrogens is 128 g/mol. The monoisotopic (exact) mass is 142 g/mol. The second-order valence-electron chi connectivity index (χ2n) is 2.80. The lowest BCUT2D eigenvalue weighted by Crippen LogP contribution is -2.45. The third kappa shape index (κ3) is 1.48. The molecule has 1 saturated heterocycles. The topological polar surface area (TPSA) is 32.3 Å². The van der Waals surface area contributed by atoms with Gasteiger partial charge in [-0.05, 0) is 13.5 Å². The molecule has 0 aromatic carbocycles. The maximum atomic E-state index is 11.0. The van der Waals surface area contributed by atoms with E-state index in [9.17, 15) is 4.79 Å². The van der Waals surface area contributed by atoms with Gasteiger partial charge in [-0.2, -0.15) is 0 Å². The van der Waals surface area contributed by atoms with Gasteiger partial charge in [0.15, 0.2) is 0 Å². The van der Waals surface area contributed by atoms with Crippen LogP contribution in [0, 0.1) is 0 Å². The number of nitrogens with zero attached hydrogens (tertiary/aromatic N) is 1. The Kier molecular flexibility index (Phi) is 2.27. The zero-order valence-corrected chi connectivity index (χ0v) is 6.55. The van der Waals surface area contributed by atoms with E-state index >= 15 is 0 Å². The zero-order valence-electron chi connectivity index (χ0n) is 6.55. The minimum absolute atomic E-state index is 0.270. The van der Waals surface area contributed by atoms with Gasteiger partial charge in [0, 0.05) is 26.1 Å². The second-order valence-corrected chi connectivity index (χ2v) is 2.80. The summed E-state index contributed by atoms with van der Waals surface area (Å²) in [5, 5.41) is 3.16. The van der Waals surface area contributed by atoms with E-state index in [-0.39, 0.29) is 5.91 Å². The van der Waals surface area contributed by atoms with Gasteiger partial charge in [-0.3, -0.25) is 4.79 Å². The van der Waals surface area contributed by atoms with Gasteiger partial charge in [0.2, 0.25) is 5.91 Å². The first-order chi connectivity index (χ1) is 4.74. The molecule has 1 N–H and O–H groups in total. The molecule has 1 amide bonds. The first-order valence-electron chi connectivity index (χ1n) is 3.65. The van der Waals surface area contributed by atoms with Gasteiger partial charge in [0.05, 0.1) is 0 Å². The number of carbonyl (C=O) groups is 1. The smallest absolute Gasteiger partial charge is 0.222 e. The predicted molar refractivity (Wildman–Crippen MR) is 39.7 cm³/mol. The Morgan fingerprint density at radius 3 is 2.90 bits per heavy atom. The molecule has 3 nitrogen and oxygen atoms in total. The molecule has 3 heteroatoms. The van der Waals surface area contributed by atoms with Crippen LogP contribution in [0.3, 0.4) is 0 Å². The van der Waals surface area contributed by atoms with Crippen molar-refractivity contribution in [1.29, 1.82) is 0 Å². The van der Waals surface area contributed by atoms with E-state index in [1.165, 1.54) is 0 Å². The summed E-state index contributed by atoms with van der Waals surface area (Å²) >= 11 is 0. The van der Waals surface area contributed by atoms with Crippen LogP contribution in [0.1, 0.15) is 12.8 Å². The first-order valence-corrected chi connectivity index (χ1v) is 3.65. The van der Waals surface area contributed by atoms with Crippen molar-refractivity contribution in [3.8, 4) is 0 Å². The molecule has 1 heterocycles. The lowest BCUT2D eigenvalue weighted by Gasteiger charge is -2.29. The van der Waals surface area contributed by atoms with E-state index < -0.39 is 0 Å². The maximum Gasteiger partial charge on any atom is 0.222 e. The van der Waals surface area contributed by atoms with Gasteiger partial charge < -0.3 is 10.2 Å². The number of hydrogen-bond acceptors (Lipinski definition) is 2. The van der Waals surface area contributed by atoms with Crippen molar-refractivity contribution in [3.05, 3.63) is 0 Å². The summed E-state index contributed by atoms with van der Waals surface area (Å²) in [5.74, 6) is 0.270. The van der Waals surface area contributed by atoms with Crippen LogP contribution in [0.5, 0.6) is 0 Å². The number of nitrogens with one attached hydrogen (secondary N) is 1. The molecule has 1 aliphatic rings. The van der Waals surface area contributed by atoms with E-state index in [4.69, 9.17) is 0 Å². The summed E-state index contributed by atoms with van der Waals surface area (Å²) in [6.07, 6.45) is 1.68. The molecule has 1 atom stereocenters. The molecular formula is C7H14N2O. The molecule has 1 rings (SSSR count). The molecule has 0 aliphatic carbocycles. The highest BCUT2D eigenvalue weighted by atomic mass is 16.2. The molecule has 58 valence electrons. The maximum absolute atomic E-state index is 11.0. The van der Waals surface area contributed by atoms with Crippen molar-refractivity contribution in [3.63, 3.8) is 0 Å². The molecule has 10 heavy (non-hydrogen) atoms. The average Bonchev–Trinajstić information content (AvgIpc) is 1.95. The van der Waals surface area contributed by atoms with Gasteiger partial charge in [-0.25, -0.2) is 0 Å². The fourth-order valence-corrected chi connectivity index (χ4v) is 1.25. The average molecular weight is 142 g/mol. The number of amides is 1. The standard InChI is InChI=1S/C7H14N2O/c1-8-6-3-4-7(10)9(2)5-6/h6,8H,3-5H2,1-2H3. The van der Waals surface area contributed by atoms with Crippen LogP contribution < -0.4 is 5.32 Å². The number of piperidine rings is 1. The Balaban J connectivity index is 2.40. The molecule has 0 radical (unpaired) electrons. The van der Waals surface area contributed by atoms with Crippen molar-refractivity contribution in [2.75, 3.05) is 20.6 Å². The number of likely N-dealkylation sites (tertiary alicyclic amines) is 1. The van der Waals surface area contributed by atoms with Crippen molar-refractivity contribution in [2.45, 2.75) is 18.9 Å². The highest BCUT2D eigenvalue weighted by Gasteiger charge is 2.20. The third-order valence-corrected chi connectivity index (χ3v) is 2.03. The van der Waals surface area contributed by atoms with E-state index in [1.807, 2.05) is 14.1 Å². The SMILES string of the molecule is CNC1CCC(=O)N(C)C1. The highest BCUT2D eigenvalue weighted by Crippen LogP contribution is 2.08. The van der Waals surface area contributed by atoms with Crippen LogP contribution in [0.15, 0.2) is 0 Å². The van der Waals surface area contributed by atoms with Gasteiger partial charge in [0.1, 0.15) is 0 Å². The fourth-order valence-electron chi connectivity index (χ4n) is 1.25. The van der Waals surface area contributed by atoms with Crippen LogP contribution in [0.25, 0.3) is 0 Å². The molecule has 0 aromatic heterocycles. The lowest BCUT2D eigenvalue weighted by molar-refractivity contribution is -0.132. The van der Waals surface area contributed by atoms with Gasteiger partial charge >= 0.3 is 0 Å². The van der Waals surface area contributed by atoms with Gasteiger partial charge in [0.25, 0.3) is 0 Å². The predicted octanol–water partition coefficient (Wildman–Crippen LogP) is -0.173. The Morgan fingerprint density at radius 1 is 1.70 bits per heavy atom. The Labute approximate surface area is 61.4 Å². The molecule has 0 bridgehead atoms. The van der Waals surface area contributed by atoms with Crippen molar-refractivity contribution in [1.82, 2.24) is 10.2 Å². The summed E-state index contributed by atoms with van der Waals surface area (Å²) in [4.78, 5) is 12.7. The normalized spacial score (nSPS) is 27.2. The van der Waals surface area contributed by atoms with Crippen molar-refractivity contribution < 1.29 is 4.79 Å². The van der Waals surface area contributed by atoms with E-state index in [0.29, 0.717) is 12.5 Å². The Bertz CT molecular complexity index is 136. The highest BCUT2D eigenvalue weighted by molar-refractivity contribution is 5.76. The molecule has 1 fully saturated rings. The molecule has 1 aliphatic heterocycles. The molecule has 1 unspecified atom stereocenters. The van der Waals surface area contributed by atoms with Crippen LogP contribution in [0.2, 0.25) is 0 Å². The lowest BCUT2D eigenvalue weighted by atomic mass is 10.1. The van der Waals surface area contributed by atoms with Crippen LogP contribution in [-0.2, 0) is 4.79 Å². The largest absolute Gasteiger partial charge is 0.344 e. The summed E-state index contributed by atoms with van der Waals surface area (Å²) in [6, 6.07) is 0.502. The number of rotatable bonds is 1.